The van der Waals surface area contributed by atoms with Gasteiger partial charge >= 0.3 is 0 Å². The third-order valence-electron chi connectivity index (χ3n) is 4.80. The molecule has 168 valence electrons. The summed E-state index contributed by atoms with van der Waals surface area (Å²) in [6, 6.07) is 15.8. The Labute approximate surface area is 198 Å². The third kappa shape index (κ3) is 7.49. The van der Waals surface area contributed by atoms with E-state index in [1.807, 2.05) is 37.3 Å². The molecule has 0 heterocycles. The van der Waals surface area contributed by atoms with Crippen LogP contribution in [0, 0.1) is 3.57 Å². The van der Waals surface area contributed by atoms with Crippen molar-refractivity contribution in [2.75, 3.05) is 30.2 Å². The maximum atomic E-state index is 13.3. The van der Waals surface area contributed by atoms with Gasteiger partial charge in [0.1, 0.15) is 12.6 Å². The second kappa shape index (κ2) is 11.5. The molecule has 2 rings (SSSR count). The maximum absolute atomic E-state index is 13.3. The summed E-state index contributed by atoms with van der Waals surface area (Å²) in [5, 5.41) is 2.73. The molecule has 2 aromatic rings. The average Bonchev–Trinajstić information content (AvgIpc) is 2.73. The number of likely N-dealkylation sites (N-methyl/N-ethyl adjacent to an activating group) is 1. The van der Waals surface area contributed by atoms with Crippen molar-refractivity contribution in [3.05, 3.63) is 63.7 Å². The van der Waals surface area contributed by atoms with E-state index in [0.29, 0.717) is 25.2 Å². The molecule has 0 saturated carbocycles. The van der Waals surface area contributed by atoms with Crippen molar-refractivity contribution in [3.8, 4) is 0 Å². The molecule has 0 saturated heterocycles. The molecule has 1 N–H and O–H groups in total. The number of nitrogens with one attached hydrogen (secondary N) is 1. The Morgan fingerprint density at radius 1 is 1.06 bits per heavy atom. The number of benzene rings is 2. The largest absolute Gasteiger partial charge is 0.355 e. The first kappa shape index (κ1) is 25.1. The molecule has 2 aromatic carbocycles. The molecule has 0 bridgehead atoms. The Morgan fingerprint density at radius 3 is 2.23 bits per heavy atom. The third-order valence-corrected chi connectivity index (χ3v) is 6.66. The van der Waals surface area contributed by atoms with E-state index >= 15 is 0 Å². The van der Waals surface area contributed by atoms with E-state index in [9.17, 15) is 18.0 Å². The summed E-state index contributed by atoms with van der Waals surface area (Å²) in [5.41, 5.74) is 1.44. The van der Waals surface area contributed by atoms with E-state index in [-0.39, 0.29) is 12.5 Å². The van der Waals surface area contributed by atoms with Crippen LogP contribution in [0.4, 0.5) is 5.69 Å². The summed E-state index contributed by atoms with van der Waals surface area (Å²) in [6.07, 6.45) is 1.62. The Hall–Kier alpha value is -2.14. The van der Waals surface area contributed by atoms with Gasteiger partial charge in [-0.25, -0.2) is 8.42 Å². The SMILES string of the molecule is CCNC(=O)[C@@H](C)N(CCc1ccccc1)C(=O)CN(c1ccc(I)cc1)S(C)(=O)=O. The molecule has 0 fully saturated rings. The van der Waals surface area contributed by atoms with Gasteiger partial charge in [-0.05, 0) is 72.7 Å². The van der Waals surface area contributed by atoms with Crippen molar-refractivity contribution in [2.45, 2.75) is 26.3 Å². The van der Waals surface area contributed by atoms with Crippen molar-refractivity contribution in [2.24, 2.45) is 0 Å². The molecule has 1 atom stereocenters. The van der Waals surface area contributed by atoms with Crippen molar-refractivity contribution < 1.29 is 18.0 Å². The van der Waals surface area contributed by atoms with Crippen LogP contribution in [0.15, 0.2) is 54.6 Å². The second-order valence-electron chi connectivity index (χ2n) is 7.14. The molecule has 0 spiro atoms. The van der Waals surface area contributed by atoms with Gasteiger partial charge in [0, 0.05) is 16.7 Å². The summed E-state index contributed by atoms with van der Waals surface area (Å²) < 4.78 is 26.9. The van der Waals surface area contributed by atoms with E-state index in [4.69, 9.17) is 0 Å². The van der Waals surface area contributed by atoms with Gasteiger partial charge in [-0.15, -0.1) is 0 Å². The molecule has 0 unspecified atom stereocenters. The van der Waals surface area contributed by atoms with Crippen molar-refractivity contribution in [1.29, 1.82) is 0 Å². The predicted octanol–water partition coefficient (Wildman–Crippen LogP) is 2.65. The number of carbonyl (C=O) groups excluding carboxylic acids is 2. The lowest BCUT2D eigenvalue weighted by atomic mass is 10.1. The summed E-state index contributed by atoms with van der Waals surface area (Å²) >= 11 is 2.13. The molecule has 0 radical (unpaired) electrons. The summed E-state index contributed by atoms with van der Waals surface area (Å²) in [5.74, 6) is -0.706. The number of hydrogen-bond donors (Lipinski definition) is 1. The molecular weight excluding hydrogens is 529 g/mol. The lowest BCUT2D eigenvalue weighted by Gasteiger charge is -2.31. The number of sulfonamides is 1. The second-order valence-corrected chi connectivity index (χ2v) is 10.3. The van der Waals surface area contributed by atoms with Crippen LogP contribution in [0.3, 0.4) is 0 Å². The monoisotopic (exact) mass is 557 g/mol. The van der Waals surface area contributed by atoms with Gasteiger partial charge in [-0.2, -0.15) is 0 Å². The van der Waals surface area contributed by atoms with E-state index in [1.165, 1.54) is 4.90 Å². The van der Waals surface area contributed by atoms with Gasteiger partial charge in [0.25, 0.3) is 0 Å². The van der Waals surface area contributed by atoms with Gasteiger partial charge in [0.2, 0.25) is 21.8 Å². The molecule has 9 heteroatoms. The molecule has 0 aliphatic rings. The van der Waals surface area contributed by atoms with Crippen LogP contribution in [-0.2, 0) is 26.0 Å². The van der Waals surface area contributed by atoms with Crippen LogP contribution in [-0.4, -0.2) is 57.1 Å². The first-order chi connectivity index (χ1) is 14.6. The number of hydrogen-bond acceptors (Lipinski definition) is 4. The molecule has 0 aliphatic heterocycles. The fourth-order valence-electron chi connectivity index (χ4n) is 3.11. The highest BCUT2D eigenvalue weighted by molar-refractivity contribution is 14.1. The number of nitrogens with zero attached hydrogens (tertiary/aromatic N) is 2. The van der Waals surface area contributed by atoms with Gasteiger partial charge in [0.15, 0.2) is 0 Å². The van der Waals surface area contributed by atoms with E-state index in [2.05, 4.69) is 27.9 Å². The first-order valence-electron chi connectivity index (χ1n) is 9.98. The van der Waals surface area contributed by atoms with Gasteiger partial charge in [0.05, 0.1) is 11.9 Å². The quantitative estimate of drug-likeness (QED) is 0.456. The van der Waals surface area contributed by atoms with Crippen LogP contribution in [0.25, 0.3) is 0 Å². The molecule has 0 aliphatic carbocycles. The zero-order valence-electron chi connectivity index (χ0n) is 17.9. The Balaban J connectivity index is 2.28. The number of carbonyl (C=O) groups is 2. The fraction of sp³-hybridized carbons (Fsp3) is 0.364. The Bertz CT molecular complexity index is 982. The Kier molecular flexibility index (Phi) is 9.30. The fourth-order valence-corrected chi connectivity index (χ4v) is 4.32. The van der Waals surface area contributed by atoms with Gasteiger partial charge < -0.3 is 10.2 Å². The van der Waals surface area contributed by atoms with Crippen LogP contribution in [0.5, 0.6) is 0 Å². The van der Waals surface area contributed by atoms with Crippen molar-refractivity contribution in [1.82, 2.24) is 10.2 Å². The lowest BCUT2D eigenvalue weighted by Crippen LogP contribution is -2.52. The minimum atomic E-state index is -3.70. The zero-order chi connectivity index (χ0) is 23.0. The topological polar surface area (TPSA) is 86.8 Å². The molecule has 31 heavy (non-hydrogen) atoms. The highest BCUT2D eigenvalue weighted by atomic mass is 127. The standard InChI is InChI=1S/C22H28IN3O4S/c1-4-24-22(28)17(2)25(15-14-18-8-6-5-7-9-18)21(27)16-26(31(3,29)30)20-12-10-19(23)11-13-20/h5-13,17H,4,14-16H2,1-3H3,(H,24,28)/t17-/m1/s1. The maximum Gasteiger partial charge on any atom is 0.244 e. The number of amides is 2. The lowest BCUT2D eigenvalue weighted by molar-refractivity contribution is -0.138. The van der Waals surface area contributed by atoms with Crippen LogP contribution >= 0.6 is 22.6 Å². The Morgan fingerprint density at radius 2 is 1.68 bits per heavy atom. The number of rotatable bonds is 10. The normalized spacial score (nSPS) is 12.1. The van der Waals surface area contributed by atoms with Crippen molar-refractivity contribution >= 4 is 50.1 Å². The minimum Gasteiger partial charge on any atom is -0.355 e. The number of halogens is 1. The van der Waals surface area contributed by atoms with Crippen molar-refractivity contribution in [3.63, 3.8) is 0 Å². The van der Waals surface area contributed by atoms with Gasteiger partial charge in [-0.3, -0.25) is 13.9 Å². The predicted molar refractivity (Wildman–Crippen MR) is 131 cm³/mol. The molecule has 2 amide bonds. The van der Waals surface area contributed by atoms with Crippen LogP contribution < -0.4 is 9.62 Å². The average molecular weight is 557 g/mol. The first-order valence-corrected chi connectivity index (χ1v) is 12.9. The highest BCUT2D eigenvalue weighted by Crippen LogP contribution is 2.20. The smallest absolute Gasteiger partial charge is 0.244 e. The highest BCUT2D eigenvalue weighted by Gasteiger charge is 2.29. The van der Waals surface area contributed by atoms with Crippen LogP contribution in [0.1, 0.15) is 19.4 Å². The van der Waals surface area contributed by atoms with E-state index in [1.54, 1.807) is 31.2 Å². The minimum absolute atomic E-state index is 0.274. The van der Waals surface area contributed by atoms with Crippen LogP contribution in [0.2, 0.25) is 0 Å². The summed E-state index contributed by atoms with van der Waals surface area (Å²) in [6.45, 7) is 3.83. The summed E-state index contributed by atoms with van der Waals surface area (Å²) in [4.78, 5) is 27.2. The molecular formula is C22H28IN3O4S. The van der Waals surface area contributed by atoms with E-state index < -0.39 is 22.0 Å². The molecule has 7 nitrogen and oxygen atoms in total. The number of anilines is 1. The zero-order valence-corrected chi connectivity index (χ0v) is 20.9. The molecule has 0 aromatic heterocycles. The van der Waals surface area contributed by atoms with Gasteiger partial charge in [-0.1, -0.05) is 30.3 Å². The summed E-state index contributed by atoms with van der Waals surface area (Å²) in [7, 11) is -3.70. The van der Waals surface area contributed by atoms with E-state index in [0.717, 1.165) is 19.7 Å².